The van der Waals surface area contributed by atoms with Gasteiger partial charge >= 0.3 is 23.9 Å². The van der Waals surface area contributed by atoms with Gasteiger partial charge in [0.1, 0.15) is 0 Å². The number of halogens is 2. The summed E-state index contributed by atoms with van der Waals surface area (Å²) in [7, 11) is 0. The number of carboxylic acid groups (broad SMARTS) is 2. The van der Waals surface area contributed by atoms with Crippen molar-refractivity contribution in [2.75, 3.05) is 13.2 Å². The monoisotopic (exact) mass is 378 g/mol. The van der Waals surface area contributed by atoms with E-state index in [4.69, 9.17) is 32.7 Å². The summed E-state index contributed by atoms with van der Waals surface area (Å²) < 4.78 is 9.41. The number of hydrogen-bond donors (Lipinski definition) is 2. The zero-order valence-corrected chi connectivity index (χ0v) is 14.0. The molecule has 0 saturated carbocycles. The molecule has 0 aromatic heterocycles. The summed E-state index contributed by atoms with van der Waals surface area (Å²) in [6, 6.07) is 0. The maximum atomic E-state index is 12.0. The molecule has 0 aliphatic rings. The Hall–Kier alpha value is -2.32. The third-order valence-corrected chi connectivity index (χ3v) is 3.52. The van der Waals surface area contributed by atoms with E-state index in [-0.39, 0.29) is 13.2 Å². The second kappa shape index (κ2) is 7.98. The summed E-state index contributed by atoms with van der Waals surface area (Å²) in [4.78, 5) is 46.9. The molecule has 0 saturated heterocycles. The van der Waals surface area contributed by atoms with Gasteiger partial charge in [0.05, 0.1) is 45.5 Å². The molecule has 0 spiro atoms. The molecule has 130 valence electrons. The number of carboxylic acids is 2. The van der Waals surface area contributed by atoms with Crippen molar-refractivity contribution in [2.24, 2.45) is 0 Å². The van der Waals surface area contributed by atoms with Gasteiger partial charge in [0, 0.05) is 0 Å². The lowest BCUT2D eigenvalue weighted by Gasteiger charge is -2.16. The van der Waals surface area contributed by atoms with Crippen LogP contribution in [0.15, 0.2) is 0 Å². The van der Waals surface area contributed by atoms with Crippen LogP contribution >= 0.6 is 23.2 Å². The van der Waals surface area contributed by atoms with E-state index in [1.165, 1.54) is 13.8 Å². The fourth-order valence-electron chi connectivity index (χ4n) is 1.88. The number of ether oxygens (including phenoxy) is 2. The van der Waals surface area contributed by atoms with Crippen LogP contribution in [0.25, 0.3) is 0 Å². The molecular weight excluding hydrogens is 367 g/mol. The molecule has 1 rings (SSSR count). The van der Waals surface area contributed by atoms with E-state index in [2.05, 4.69) is 0 Å². The third kappa shape index (κ3) is 3.60. The van der Waals surface area contributed by atoms with Gasteiger partial charge in [-0.1, -0.05) is 23.2 Å². The van der Waals surface area contributed by atoms with Crippen molar-refractivity contribution in [1.29, 1.82) is 0 Å². The van der Waals surface area contributed by atoms with E-state index in [0.29, 0.717) is 0 Å². The Balaban J connectivity index is 3.96. The van der Waals surface area contributed by atoms with E-state index >= 15 is 0 Å². The minimum Gasteiger partial charge on any atom is -0.478 e. The number of rotatable bonds is 6. The Morgan fingerprint density at radius 2 is 1.04 bits per heavy atom. The van der Waals surface area contributed by atoms with Gasteiger partial charge in [0.2, 0.25) is 0 Å². The lowest BCUT2D eigenvalue weighted by Crippen LogP contribution is -2.21. The van der Waals surface area contributed by atoms with Crippen molar-refractivity contribution in [3.05, 3.63) is 32.3 Å². The highest BCUT2D eigenvalue weighted by Crippen LogP contribution is 2.36. The first-order chi connectivity index (χ1) is 11.2. The Morgan fingerprint density at radius 1 is 0.750 bits per heavy atom. The maximum Gasteiger partial charge on any atom is 0.340 e. The van der Waals surface area contributed by atoms with Crippen molar-refractivity contribution in [2.45, 2.75) is 13.8 Å². The highest BCUT2D eigenvalue weighted by Gasteiger charge is 2.35. The van der Waals surface area contributed by atoms with E-state index in [1.807, 2.05) is 0 Å². The van der Waals surface area contributed by atoms with Crippen LogP contribution in [0, 0.1) is 0 Å². The molecule has 0 aliphatic carbocycles. The van der Waals surface area contributed by atoms with Crippen LogP contribution in [-0.2, 0) is 9.47 Å². The Kier molecular flexibility index (Phi) is 6.56. The molecule has 0 amide bonds. The average molecular weight is 379 g/mol. The second-order valence-electron chi connectivity index (χ2n) is 4.18. The van der Waals surface area contributed by atoms with Crippen LogP contribution in [0.4, 0.5) is 0 Å². The maximum absolute atomic E-state index is 12.0. The van der Waals surface area contributed by atoms with Crippen LogP contribution in [0.1, 0.15) is 55.3 Å². The van der Waals surface area contributed by atoms with E-state index < -0.39 is 56.2 Å². The molecule has 0 bridgehead atoms. The molecule has 10 heteroatoms. The summed E-state index contributed by atoms with van der Waals surface area (Å²) in [6.45, 7) is 2.71. The first kappa shape index (κ1) is 19.7. The molecule has 1 aromatic carbocycles. The topological polar surface area (TPSA) is 127 Å². The van der Waals surface area contributed by atoms with Crippen molar-refractivity contribution in [3.8, 4) is 0 Å². The standard InChI is InChI=1S/C14H12Cl2O8/c1-3-23-13(21)7-5(11(17)18)9(15)6(12(19)20)8(10(7)16)14(22)24-4-2/h3-4H2,1-2H3,(H,17,18)(H,19,20). The summed E-state index contributed by atoms with van der Waals surface area (Å²) in [5, 5.41) is 17.0. The first-order valence-corrected chi connectivity index (χ1v) is 7.30. The second-order valence-corrected chi connectivity index (χ2v) is 4.94. The largest absolute Gasteiger partial charge is 0.478 e. The van der Waals surface area contributed by atoms with Gasteiger partial charge in [-0.2, -0.15) is 0 Å². The molecule has 0 atom stereocenters. The number of esters is 2. The number of aromatic carboxylic acids is 2. The number of carbonyl (C=O) groups is 4. The smallest absolute Gasteiger partial charge is 0.340 e. The normalized spacial score (nSPS) is 10.2. The fraction of sp³-hybridized carbons (Fsp3) is 0.286. The predicted octanol–water partition coefficient (Wildman–Crippen LogP) is 2.74. The fourth-order valence-corrected chi connectivity index (χ4v) is 2.57. The SMILES string of the molecule is CCOC(=O)c1c(Cl)c(C(=O)OCC)c(C(=O)O)c(Cl)c1C(=O)O. The molecule has 8 nitrogen and oxygen atoms in total. The van der Waals surface area contributed by atoms with Gasteiger partial charge in [-0.25, -0.2) is 19.2 Å². The molecule has 0 unspecified atom stereocenters. The van der Waals surface area contributed by atoms with Crippen LogP contribution in [-0.4, -0.2) is 47.3 Å². The predicted molar refractivity (Wildman–Crippen MR) is 82.3 cm³/mol. The molecule has 24 heavy (non-hydrogen) atoms. The highest BCUT2D eigenvalue weighted by molar-refractivity contribution is 6.43. The summed E-state index contributed by atoms with van der Waals surface area (Å²) in [6.07, 6.45) is 0. The van der Waals surface area contributed by atoms with Crippen LogP contribution in [0.5, 0.6) is 0 Å². The van der Waals surface area contributed by atoms with E-state index in [1.54, 1.807) is 0 Å². The minimum atomic E-state index is -1.71. The van der Waals surface area contributed by atoms with Gasteiger partial charge in [-0.05, 0) is 13.8 Å². The zero-order valence-electron chi connectivity index (χ0n) is 12.5. The first-order valence-electron chi connectivity index (χ1n) is 6.54. The van der Waals surface area contributed by atoms with Crippen LogP contribution < -0.4 is 0 Å². The summed E-state index contributed by atoms with van der Waals surface area (Å²) in [5.74, 6) is -5.74. The number of carbonyl (C=O) groups excluding carboxylic acids is 2. The van der Waals surface area contributed by atoms with E-state index in [0.717, 1.165) is 0 Å². The van der Waals surface area contributed by atoms with Crippen molar-refractivity contribution < 1.29 is 38.9 Å². The Labute approximate surface area is 145 Å². The van der Waals surface area contributed by atoms with Gasteiger partial charge in [-0.15, -0.1) is 0 Å². The quantitative estimate of drug-likeness (QED) is 0.723. The zero-order chi connectivity index (χ0) is 18.6. The highest BCUT2D eigenvalue weighted by atomic mass is 35.5. The summed E-state index contributed by atoms with van der Waals surface area (Å²) >= 11 is 11.8. The van der Waals surface area contributed by atoms with Crippen LogP contribution in [0.2, 0.25) is 10.0 Å². The lowest BCUT2D eigenvalue weighted by molar-refractivity contribution is 0.0506. The Bertz CT molecular complexity index is 669. The molecular formula is C14H12Cl2O8. The molecule has 0 fully saturated rings. The Morgan fingerprint density at radius 3 is 1.29 bits per heavy atom. The van der Waals surface area contributed by atoms with Crippen molar-refractivity contribution >= 4 is 47.1 Å². The molecule has 0 aliphatic heterocycles. The minimum absolute atomic E-state index is 0.110. The van der Waals surface area contributed by atoms with Crippen LogP contribution in [0.3, 0.4) is 0 Å². The lowest BCUT2D eigenvalue weighted by atomic mass is 9.97. The third-order valence-electron chi connectivity index (χ3n) is 2.76. The van der Waals surface area contributed by atoms with E-state index in [9.17, 15) is 29.4 Å². The molecule has 1 aromatic rings. The van der Waals surface area contributed by atoms with Gasteiger partial charge in [-0.3, -0.25) is 0 Å². The van der Waals surface area contributed by atoms with Gasteiger partial charge in [0.25, 0.3) is 0 Å². The number of hydrogen-bond acceptors (Lipinski definition) is 6. The van der Waals surface area contributed by atoms with Gasteiger partial charge in [0.15, 0.2) is 0 Å². The molecule has 2 N–H and O–H groups in total. The molecule has 0 heterocycles. The summed E-state index contributed by atoms with van der Waals surface area (Å²) in [5.41, 5.74) is -3.18. The number of benzene rings is 1. The average Bonchev–Trinajstić information content (AvgIpc) is 2.47. The van der Waals surface area contributed by atoms with Crippen molar-refractivity contribution in [3.63, 3.8) is 0 Å². The van der Waals surface area contributed by atoms with Crippen molar-refractivity contribution in [1.82, 2.24) is 0 Å². The molecule has 0 radical (unpaired) electrons. The van der Waals surface area contributed by atoms with Gasteiger partial charge < -0.3 is 19.7 Å².